The Balaban J connectivity index is 1.84. The molecule has 1 fully saturated rings. The van der Waals surface area contributed by atoms with Gasteiger partial charge in [0.1, 0.15) is 11.8 Å². The van der Waals surface area contributed by atoms with E-state index in [1.54, 1.807) is 6.20 Å². The Kier molecular flexibility index (Phi) is 4.11. The fourth-order valence-corrected chi connectivity index (χ4v) is 2.60. The van der Waals surface area contributed by atoms with Crippen LogP contribution in [0.5, 0.6) is 0 Å². The molecule has 3 heteroatoms. The van der Waals surface area contributed by atoms with Crippen LogP contribution in [0.4, 0.5) is 0 Å². The first kappa shape index (κ1) is 12.1. The summed E-state index contributed by atoms with van der Waals surface area (Å²) in [6, 6.07) is 5.99. The zero-order chi connectivity index (χ0) is 12.1. The SMILES string of the molecule is CC1CCCC1CNCc1cccnc1C#N. The Hall–Kier alpha value is -1.40. The van der Waals surface area contributed by atoms with Gasteiger partial charge in [0.05, 0.1) is 0 Å². The summed E-state index contributed by atoms with van der Waals surface area (Å²) in [5.74, 6) is 1.64. The van der Waals surface area contributed by atoms with E-state index in [2.05, 4.69) is 23.3 Å². The van der Waals surface area contributed by atoms with Gasteiger partial charge < -0.3 is 5.32 Å². The van der Waals surface area contributed by atoms with Crippen LogP contribution in [0.1, 0.15) is 37.4 Å². The molecule has 1 aromatic heterocycles. The van der Waals surface area contributed by atoms with E-state index in [9.17, 15) is 0 Å². The molecule has 2 atom stereocenters. The molecule has 0 aromatic carbocycles. The van der Waals surface area contributed by atoms with E-state index in [4.69, 9.17) is 5.26 Å². The molecule has 0 bridgehead atoms. The van der Waals surface area contributed by atoms with E-state index < -0.39 is 0 Å². The van der Waals surface area contributed by atoms with Gasteiger partial charge in [-0.05, 0) is 30.9 Å². The van der Waals surface area contributed by atoms with Crippen molar-refractivity contribution in [3.8, 4) is 6.07 Å². The van der Waals surface area contributed by atoms with Gasteiger partial charge in [-0.3, -0.25) is 0 Å². The molecule has 0 spiro atoms. The summed E-state index contributed by atoms with van der Waals surface area (Å²) in [6.45, 7) is 4.14. The number of nitrogens with one attached hydrogen (secondary N) is 1. The summed E-state index contributed by atoms with van der Waals surface area (Å²) in [5, 5.41) is 12.4. The molecule has 17 heavy (non-hydrogen) atoms. The molecule has 1 saturated carbocycles. The van der Waals surface area contributed by atoms with Gasteiger partial charge in [-0.25, -0.2) is 4.98 Å². The van der Waals surface area contributed by atoms with E-state index in [-0.39, 0.29) is 0 Å². The van der Waals surface area contributed by atoms with E-state index in [0.717, 1.165) is 30.5 Å². The van der Waals surface area contributed by atoms with Gasteiger partial charge in [0.25, 0.3) is 0 Å². The summed E-state index contributed by atoms with van der Waals surface area (Å²) < 4.78 is 0. The van der Waals surface area contributed by atoms with Crippen molar-refractivity contribution in [1.82, 2.24) is 10.3 Å². The van der Waals surface area contributed by atoms with E-state index in [0.29, 0.717) is 5.69 Å². The summed E-state index contributed by atoms with van der Waals surface area (Å²) in [6.07, 6.45) is 5.74. The predicted molar refractivity (Wildman–Crippen MR) is 67.2 cm³/mol. The number of rotatable bonds is 4. The van der Waals surface area contributed by atoms with Crippen LogP contribution in [0, 0.1) is 23.2 Å². The highest BCUT2D eigenvalue weighted by Gasteiger charge is 2.22. The third-order valence-corrected chi connectivity index (χ3v) is 3.76. The number of aromatic nitrogens is 1. The lowest BCUT2D eigenvalue weighted by Gasteiger charge is -2.16. The van der Waals surface area contributed by atoms with Gasteiger partial charge >= 0.3 is 0 Å². The van der Waals surface area contributed by atoms with Crippen molar-refractivity contribution in [2.24, 2.45) is 11.8 Å². The molecule has 2 rings (SSSR count). The molecule has 3 nitrogen and oxygen atoms in total. The first-order valence-corrected chi connectivity index (χ1v) is 6.36. The Labute approximate surface area is 103 Å². The second-order valence-corrected chi connectivity index (χ2v) is 4.92. The molecule has 1 heterocycles. The molecule has 0 radical (unpaired) electrons. The summed E-state index contributed by atoms with van der Waals surface area (Å²) in [4.78, 5) is 4.06. The molecule has 2 unspecified atom stereocenters. The fourth-order valence-electron chi connectivity index (χ4n) is 2.60. The third-order valence-electron chi connectivity index (χ3n) is 3.76. The van der Waals surface area contributed by atoms with Crippen molar-refractivity contribution in [2.45, 2.75) is 32.7 Å². The van der Waals surface area contributed by atoms with Crippen LogP contribution in [0.25, 0.3) is 0 Å². The van der Waals surface area contributed by atoms with Crippen LogP contribution in [0.2, 0.25) is 0 Å². The van der Waals surface area contributed by atoms with E-state index in [1.165, 1.54) is 19.3 Å². The highest BCUT2D eigenvalue weighted by molar-refractivity contribution is 5.30. The Bertz CT molecular complexity index is 408. The number of nitrogens with zero attached hydrogens (tertiary/aromatic N) is 2. The van der Waals surface area contributed by atoms with Gasteiger partial charge in [0, 0.05) is 18.3 Å². The fraction of sp³-hybridized carbons (Fsp3) is 0.571. The minimum atomic E-state index is 0.541. The predicted octanol–water partition coefficient (Wildman–Crippen LogP) is 2.48. The maximum absolute atomic E-state index is 8.93. The van der Waals surface area contributed by atoms with Crippen LogP contribution in [0.3, 0.4) is 0 Å². The first-order chi connectivity index (χ1) is 8.31. The second kappa shape index (κ2) is 5.79. The van der Waals surface area contributed by atoms with Gasteiger partial charge in [-0.15, -0.1) is 0 Å². The lowest BCUT2D eigenvalue weighted by atomic mass is 9.98. The molecule has 1 aliphatic carbocycles. The van der Waals surface area contributed by atoms with Crippen molar-refractivity contribution in [3.63, 3.8) is 0 Å². The van der Waals surface area contributed by atoms with Gasteiger partial charge in [-0.1, -0.05) is 25.8 Å². The monoisotopic (exact) mass is 229 g/mol. The number of hydrogen-bond donors (Lipinski definition) is 1. The molecular formula is C14H19N3. The lowest BCUT2D eigenvalue weighted by molar-refractivity contribution is 0.392. The first-order valence-electron chi connectivity index (χ1n) is 6.36. The number of nitriles is 1. The maximum atomic E-state index is 8.93. The van der Waals surface area contributed by atoms with Crippen LogP contribution in [0.15, 0.2) is 18.3 Å². The zero-order valence-corrected chi connectivity index (χ0v) is 10.3. The Morgan fingerprint density at radius 2 is 2.41 bits per heavy atom. The van der Waals surface area contributed by atoms with Crippen molar-refractivity contribution < 1.29 is 0 Å². The topological polar surface area (TPSA) is 48.7 Å². The maximum Gasteiger partial charge on any atom is 0.144 e. The Morgan fingerprint density at radius 1 is 1.53 bits per heavy atom. The smallest absolute Gasteiger partial charge is 0.144 e. The zero-order valence-electron chi connectivity index (χ0n) is 10.3. The molecule has 1 N–H and O–H groups in total. The van der Waals surface area contributed by atoms with E-state index >= 15 is 0 Å². The lowest BCUT2D eigenvalue weighted by Crippen LogP contribution is -2.24. The van der Waals surface area contributed by atoms with Crippen molar-refractivity contribution >= 4 is 0 Å². The average molecular weight is 229 g/mol. The molecule has 0 aliphatic heterocycles. The highest BCUT2D eigenvalue weighted by Crippen LogP contribution is 2.30. The molecule has 1 aromatic rings. The van der Waals surface area contributed by atoms with Crippen LogP contribution >= 0.6 is 0 Å². The highest BCUT2D eigenvalue weighted by atomic mass is 14.9. The van der Waals surface area contributed by atoms with Crippen molar-refractivity contribution in [1.29, 1.82) is 5.26 Å². The Morgan fingerprint density at radius 3 is 3.12 bits per heavy atom. The van der Waals surface area contributed by atoms with Gasteiger partial charge in [-0.2, -0.15) is 5.26 Å². The largest absolute Gasteiger partial charge is 0.312 e. The van der Waals surface area contributed by atoms with Crippen molar-refractivity contribution in [2.75, 3.05) is 6.54 Å². The van der Waals surface area contributed by atoms with Crippen LogP contribution < -0.4 is 5.32 Å². The normalized spacial score (nSPS) is 23.5. The average Bonchev–Trinajstić information content (AvgIpc) is 2.76. The van der Waals surface area contributed by atoms with Crippen LogP contribution in [-0.2, 0) is 6.54 Å². The van der Waals surface area contributed by atoms with Crippen LogP contribution in [-0.4, -0.2) is 11.5 Å². The van der Waals surface area contributed by atoms with E-state index in [1.807, 2.05) is 12.1 Å². The number of pyridine rings is 1. The quantitative estimate of drug-likeness (QED) is 0.863. The van der Waals surface area contributed by atoms with Crippen molar-refractivity contribution in [3.05, 3.63) is 29.6 Å². The second-order valence-electron chi connectivity index (χ2n) is 4.92. The summed E-state index contributed by atoms with van der Waals surface area (Å²) in [5.41, 5.74) is 1.54. The minimum absolute atomic E-state index is 0.541. The molecule has 1 aliphatic rings. The summed E-state index contributed by atoms with van der Waals surface area (Å²) in [7, 11) is 0. The number of hydrogen-bond acceptors (Lipinski definition) is 3. The molecule has 0 saturated heterocycles. The van der Waals surface area contributed by atoms with Gasteiger partial charge in [0.15, 0.2) is 0 Å². The minimum Gasteiger partial charge on any atom is -0.312 e. The van der Waals surface area contributed by atoms with Gasteiger partial charge in [0.2, 0.25) is 0 Å². The summed E-state index contributed by atoms with van der Waals surface area (Å²) >= 11 is 0. The molecule has 90 valence electrons. The standard InChI is InChI=1S/C14H19N3/c1-11-4-2-5-12(11)9-16-10-13-6-3-7-17-14(13)8-15/h3,6-7,11-12,16H,2,4-5,9-10H2,1H3. The molecule has 0 amide bonds. The third kappa shape index (κ3) is 3.04. The molecular weight excluding hydrogens is 210 g/mol.